The fourth-order valence-electron chi connectivity index (χ4n) is 3.91. The van der Waals surface area contributed by atoms with E-state index in [0.29, 0.717) is 29.6 Å². The van der Waals surface area contributed by atoms with Gasteiger partial charge in [0, 0.05) is 6.42 Å². The van der Waals surface area contributed by atoms with Gasteiger partial charge in [-0.2, -0.15) is 0 Å². The summed E-state index contributed by atoms with van der Waals surface area (Å²) in [5.74, 6) is -1.54. The van der Waals surface area contributed by atoms with Crippen LogP contribution in [-0.4, -0.2) is 75.2 Å². The third kappa shape index (κ3) is 5.66. The number of carbonyl (C=O) groups excluding carboxylic acids is 2. The molecule has 11 heteroatoms. The zero-order valence-electron chi connectivity index (χ0n) is 18.5. The molecule has 2 saturated heterocycles. The second kappa shape index (κ2) is 10.5. The Balaban J connectivity index is 1.60. The molecule has 4 rings (SSSR count). The number of nitrogens with zero attached hydrogens (tertiary/aromatic N) is 2. The molecule has 2 unspecified atom stereocenters. The molecular formula is C23H27ClIN2O7-. The minimum absolute atomic E-state index is 0.0249. The molecule has 9 nitrogen and oxygen atoms in total. The minimum atomic E-state index is -2.91. The number of likely N-dealkylation sites (tertiary alicyclic amines) is 1. The van der Waals surface area contributed by atoms with E-state index in [1.807, 2.05) is 12.2 Å². The van der Waals surface area contributed by atoms with Gasteiger partial charge in [-0.3, -0.25) is 4.79 Å². The van der Waals surface area contributed by atoms with Crippen molar-refractivity contribution in [2.45, 2.75) is 23.2 Å². The Hall–Kier alpha value is -2.31. The Morgan fingerprint density at radius 1 is 1.26 bits per heavy atom. The first-order chi connectivity index (χ1) is 16.3. The van der Waals surface area contributed by atoms with E-state index in [1.165, 1.54) is 0 Å². The van der Waals surface area contributed by atoms with E-state index in [-0.39, 0.29) is 51.4 Å². The van der Waals surface area contributed by atoms with Crippen molar-refractivity contribution in [3.63, 3.8) is 0 Å². The number of benzene rings is 1. The molecule has 2 fully saturated rings. The van der Waals surface area contributed by atoms with Gasteiger partial charge < -0.3 is 0 Å². The molecule has 3 aliphatic heterocycles. The monoisotopic (exact) mass is 605 g/mol. The summed E-state index contributed by atoms with van der Waals surface area (Å²) in [6, 6.07) is 0.992. The van der Waals surface area contributed by atoms with Crippen molar-refractivity contribution < 1.29 is 51.7 Å². The number of amides is 1. The van der Waals surface area contributed by atoms with Crippen LogP contribution in [0.2, 0.25) is 5.02 Å². The second-order valence-corrected chi connectivity index (χ2v) is 16.9. The Morgan fingerprint density at radius 3 is 2.85 bits per heavy atom. The van der Waals surface area contributed by atoms with Crippen molar-refractivity contribution >= 4 is 29.2 Å². The predicted molar refractivity (Wildman–Crippen MR) is 122 cm³/mol. The molecule has 3 heterocycles. The van der Waals surface area contributed by atoms with Gasteiger partial charge in [0.15, 0.2) is 0 Å². The molecule has 2 atom stereocenters. The number of phenolic OH excluding ortho intramolecular Hbond substituents is 2. The predicted octanol–water partition coefficient (Wildman–Crippen LogP) is -0.979. The SMILES string of the molecule is O=C1OCC[I-]2(O)CC2\C=C/C=C/C(=N/OCCN2CCCC2=O)Cc2c(Cl)c(O)cc(O)c21. The average Bonchev–Trinajstić information content (AvgIpc) is 3.24. The maximum atomic E-state index is 12.8. The molecular weight excluding hydrogens is 579 g/mol. The summed E-state index contributed by atoms with van der Waals surface area (Å²) >= 11 is 3.39. The Morgan fingerprint density at radius 2 is 2.09 bits per heavy atom. The zero-order valence-corrected chi connectivity index (χ0v) is 21.4. The van der Waals surface area contributed by atoms with Crippen LogP contribution in [0.4, 0.5) is 0 Å². The van der Waals surface area contributed by atoms with Crippen LogP contribution in [0.3, 0.4) is 0 Å². The number of carbonyl (C=O) groups is 2. The molecule has 186 valence electrons. The van der Waals surface area contributed by atoms with Crippen LogP contribution < -0.4 is 18.8 Å². The zero-order chi connectivity index (χ0) is 24.3. The number of alkyl halides is 3. The number of cyclic esters (lactones) is 1. The van der Waals surface area contributed by atoms with Crippen molar-refractivity contribution in [3.8, 4) is 11.5 Å². The summed E-state index contributed by atoms with van der Waals surface area (Å²) in [6.45, 7) is 1.35. The quantitative estimate of drug-likeness (QED) is 0.132. The number of ether oxygens (including phenoxy) is 1. The number of phenols is 2. The molecule has 1 aromatic carbocycles. The van der Waals surface area contributed by atoms with E-state index in [2.05, 4.69) is 5.16 Å². The third-order valence-corrected chi connectivity index (χ3v) is 13.8. The molecule has 0 aliphatic carbocycles. The van der Waals surface area contributed by atoms with E-state index in [1.54, 1.807) is 17.1 Å². The molecule has 3 N–H and O–H groups in total. The van der Waals surface area contributed by atoms with Crippen molar-refractivity contribution in [2.75, 3.05) is 35.2 Å². The van der Waals surface area contributed by atoms with Crippen molar-refractivity contribution in [2.24, 2.45) is 5.16 Å². The Kier molecular flexibility index (Phi) is 7.68. The van der Waals surface area contributed by atoms with Crippen LogP contribution in [0.15, 0.2) is 35.5 Å². The van der Waals surface area contributed by atoms with E-state index < -0.39 is 30.6 Å². The normalized spacial score (nSPS) is 29.9. The molecule has 3 aliphatic rings. The molecule has 0 aromatic heterocycles. The number of allylic oxidation sites excluding steroid dienone is 4. The van der Waals surface area contributed by atoms with Gasteiger partial charge in [-0.1, -0.05) is 0 Å². The van der Waals surface area contributed by atoms with Crippen LogP contribution in [0.1, 0.15) is 28.8 Å². The van der Waals surface area contributed by atoms with Gasteiger partial charge in [0.1, 0.15) is 0 Å². The Bertz CT molecular complexity index is 1070. The summed E-state index contributed by atoms with van der Waals surface area (Å²) < 4.78 is 17.4. The third-order valence-electron chi connectivity index (χ3n) is 5.88. The Labute approximate surface area is 206 Å². The summed E-state index contributed by atoms with van der Waals surface area (Å²) in [5.41, 5.74) is 0.364. The van der Waals surface area contributed by atoms with Gasteiger partial charge in [-0.25, -0.2) is 0 Å². The number of hydrogen-bond acceptors (Lipinski definition) is 8. The molecule has 1 aromatic rings. The standard InChI is InChI=1S/C23H27ClIN2O7/c24-22-17-12-16(26-34-11-9-27-8-3-6-20(27)30)5-2-1-4-15-14-25(15,32)7-10-33-23(31)21(17)18(28)13-19(22)29/h1-2,4-5,13,15,28-29,32H,3,6-12,14H2/q-1/b4-1-,5-2+,26-16-. The van der Waals surface area contributed by atoms with Crippen LogP contribution in [0, 0.1) is 0 Å². The number of aromatic hydroxyl groups is 2. The van der Waals surface area contributed by atoms with Gasteiger partial charge in [-0.15, -0.1) is 0 Å². The molecule has 0 spiro atoms. The number of fused-ring (bicyclic) bond motifs is 2. The second-order valence-electron chi connectivity index (χ2n) is 8.23. The fourth-order valence-corrected chi connectivity index (χ4v) is 11.5. The van der Waals surface area contributed by atoms with Crippen LogP contribution in [0.25, 0.3) is 0 Å². The molecule has 0 saturated carbocycles. The first-order valence-electron chi connectivity index (χ1n) is 10.9. The number of hydrogen-bond donors (Lipinski definition) is 3. The summed E-state index contributed by atoms with van der Waals surface area (Å²) in [6.07, 6.45) is 8.57. The summed E-state index contributed by atoms with van der Waals surface area (Å²) in [4.78, 5) is 31.7. The number of oxime groups is 1. The number of halogens is 2. The van der Waals surface area contributed by atoms with Crippen LogP contribution in [-0.2, 0) is 20.8 Å². The molecule has 0 radical (unpaired) electrons. The average molecular weight is 606 g/mol. The van der Waals surface area contributed by atoms with E-state index in [4.69, 9.17) is 21.2 Å². The van der Waals surface area contributed by atoms with Gasteiger partial charge >= 0.3 is 190 Å². The van der Waals surface area contributed by atoms with Crippen LogP contribution >= 0.6 is 11.6 Å². The van der Waals surface area contributed by atoms with E-state index in [9.17, 15) is 23.2 Å². The van der Waals surface area contributed by atoms with Crippen molar-refractivity contribution in [1.82, 2.24) is 4.90 Å². The number of esters is 1. The first kappa shape index (κ1) is 24.8. The summed E-state index contributed by atoms with van der Waals surface area (Å²) in [5, 5.41) is 24.6. The molecule has 1 amide bonds. The fraction of sp³-hybridized carbons (Fsp3) is 0.435. The van der Waals surface area contributed by atoms with Gasteiger partial charge in [-0.05, 0) is 6.42 Å². The maximum absolute atomic E-state index is 12.8. The number of rotatable bonds is 4. The van der Waals surface area contributed by atoms with Crippen LogP contribution in [0.5, 0.6) is 11.5 Å². The van der Waals surface area contributed by atoms with Crippen molar-refractivity contribution in [3.05, 3.63) is 46.5 Å². The van der Waals surface area contributed by atoms with Gasteiger partial charge in [0.25, 0.3) is 0 Å². The molecule has 0 bridgehead atoms. The van der Waals surface area contributed by atoms with E-state index in [0.717, 1.165) is 16.9 Å². The first-order valence-corrected chi connectivity index (χ1v) is 16.6. The van der Waals surface area contributed by atoms with E-state index >= 15 is 0 Å². The van der Waals surface area contributed by atoms with Crippen molar-refractivity contribution in [1.29, 1.82) is 0 Å². The topological polar surface area (TPSA) is 129 Å². The van der Waals surface area contributed by atoms with Gasteiger partial charge in [0.05, 0.1) is 0 Å². The summed E-state index contributed by atoms with van der Waals surface area (Å²) in [7, 11) is 0. The molecule has 34 heavy (non-hydrogen) atoms. The van der Waals surface area contributed by atoms with Gasteiger partial charge in [0.2, 0.25) is 0 Å².